The molecule has 25 heavy (non-hydrogen) atoms. The Morgan fingerprint density at radius 1 is 1.16 bits per heavy atom. The molecule has 0 atom stereocenters. The van der Waals surface area contributed by atoms with Gasteiger partial charge in [-0.2, -0.15) is 0 Å². The largest absolute Gasteiger partial charge is 0.465 e. The Balaban J connectivity index is 1.83. The highest BCUT2D eigenvalue weighted by molar-refractivity contribution is 5.93. The van der Waals surface area contributed by atoms with Crippen LogP contribution >= 0.6 is 0 Å². The smallest absolute Gasteiger partial charge is 0.338 e. The van der Waals surface area contributed by atoms with E-state index in [1.165, 1.54) is 31.2 Å². The van der Waals surface area contributed by atoms with Crippen molar-refractivity contribution >= 4 is 23.6 Å². The number of rotatable bonds is 4. The molecule has 4 nitrogen and oxygen atoms in total. The molecule has 1 heterocycles. The van der Waals surface area contributed by atoms with Crippen molar-refractivity contribution in [1.82, 2.24) is 0 Å². The predicted molar refractivity (Wildman–Crippen MR) is 102 cm³/mol. The fourth-order valence-corrected chi connectivity index (χ4v) is 3.21. The number of hydrogen-bond acceptors (Lipinski definition) is 4. The van der Waals surface area contributed by atoms with Crippen LogP contribution in [0.1, 0.15) is 39.9 Å². The summed E-state index contributed by atoms with van der Waals surface area (Å²) in [5, 5.41) is 0. The zero-order valence-electron chi connectivity index (χ0n) is 15.1. The molecule has 0 bridgehead atoms. The Kier molecular flexibility index (Phi) is 5.17. The number of aryl methyl sites for hydroxylation is 1. The van der Waals surface area contributed by atoms with E-state index in [0.717, 1.165) is 29.9 Å². The lowest BCUT2D eigenvalue weighted by atomic mass is 10.1. The molecule has 3 rings (SSSR count). The second-order valence-corrected chi connectivity index (χ2v) is 6.43. The SMILES string of the molecule is COC(=O)c1cccc(N=Cc2ccc(N3CCCC3)cc2C)c1C. The zero-order chi connectivity index (χ0) is 17.8. The Bertz CT molecular complexity index is 806. The van der Waals surface area contributed by atoms with E-state index in [1.54, 1.807) is 6.07 Å². The van der Waals surface area contributed by atoms with E-state index >= 15 is 0 Å². The van der Waals surface area contributed by atoms with Gasteiger partial charge in [0.1, 0.15) is 0 Å². The first-order valence-electron chi connectivity index (χ1n) is 8.68. The summed E-state index contributed by atoms with van der Waals surface area (Å²) < 4.78 is 4.82. The molecule has 0 aromatic heterocycles. The third kappa shape index (κ3) is 3.73. The van der Waals surface area contributed by atoms with Gasteiger partial charge in [-0.3, -0.25) is 4.99 Å². The molecule has 2 aromatic rings. The van der Waals surface area contributed by atoms with Gasteiger partial charge in [0.25, 0.3) is 0 Å². The summed E-state index contributed by atoms with van der Waals surface area (Å²) in [6.45, 7) is 6.29. The van der Waals surface area contributed by atoms with Crippen LogP contribution in [0.3, 0.4) is 0 Å². The fraction of sp³-hybridized carbons (Fsp3) is 0.333. The van der Waals surface area contributed by atoms with Crippen molar-refractivity contribution in [2.24, 2.45) is 4.99 Å². The predicted octanol–water partition coefficient (Wildman–Crippen LogP) is 4.44. The van der Waals surface area contributed by atoms with Gasteiger partial charge in [0.05, 0.1) is 18.4 Å². The number of esters is 1. The molecule has 2 aromatic carbocycles. The minimum absolute atomic E-state index is 0.333. The molecule has 0 spiro atoms. The van der Waals surface area contributed by atoms with Crippen LogP contribution in [0.2, 0.25) is 0 Å². The average molecular weight is 336 g/mol. The van der Waals surface area contributed by atoms with Gasteiger partial charge in [0.2, 0.25) is 0 Å². The van der Waals surface area contributed by atoms with Crippen LogP contribution in [0.4, 0.5) is 11.4 Å². The van der Waals surface area contributed by atoms with Crippen molar-refractivity contribution in [2.45, 2.75) is 26.7 Å². The van der Waals surface area contributed by atoms with Gasteiger partial charge in [-0.1, -0.05) is 12.1 Å². The van der Waals surface area contributed by atoms with Gasteiger partial charge >= 0.3 is 5.97 Å². The van der Waals surface area contributed by atoms with E-state index in [0.29, 0.717) is 5.56 Å². The minimum atomic E-state index is -0.333. The Labute approximate surface area is 149 Å². The maximum Gasteiger partial charge on any atom is 0.338 e. The van der Waals surface area contributed by atoms with Crippen molar-refractivity contribution in [3.8, 4) is 0 Å². The van der Waals surface area contributed by atoms with Gasteiger partial charge in [0, 0.05) is 25.0 Å². The van der Waals surface area contributed by atoms with Crippen LogP contribution in [0.5, 0.6) is 0 Å². The summed E-state index contributed by atoms with van der Waals surface area (Å²) in [6.07, 6.45) is 4.42. The van der Waals surface area contributed by atoms with Crippen LogP contribution in [0, 0.1) is 13.8 Å². The number of ether oxygens (including phenoxy) is 1. The van der Waals surface area contributed by atoms with Gasteiger partial charge in [-0.05, 0) is 67.6 Å². The molecule has 1 aliphatic rings. The first-order chi connectivity index (χ1) is 12.1. The molecule has 0 N–H and O–H groups in total. The van der Waals surface area contributed by atoms with Crippen LogP contribution < -0.4 is 4.90 Å². The standard InChI is InChI=1S/C21H24N2O2/c1-15-13-18(23-11-4-5-12-23)10-9-17(15)14-22-20-8-6-7-19(16(20)2)21(24)25-3/h6-10,13-14H,4-5,11-12H2,1-3H3. The monoisotopic (exact) mass is 336 g/mol. The highest BCUT2D eigenvalue weighted by Crippen LogP contribution is 2.25. The first kappa shape index (κ1) is 17.2. The van der Waals surface area contributed by atoms with Gasteiger partial charge in [-0.15, -0.1) is 0 Å². The third-order valence-corrected chi connectivity index (χ3v) is 4.78. The van der Waals surface area contributed by atoms with Crippen molar-refractivity contribution in [3.63, 3.8) is 0 Å². The summed E-state index contributed by atoms with van der Waals surface area (Å²) in [4.78, 5) is 18.8. The zero-order valence-corrected chi connectivity index (χ0v) is 15.1. The number of methoxy groups -OCH3 is 1. The lowest BCUT2D eigenvalue weighted by Crippen LogP contribution is -2.17. The van der Waals surface area contributed by atoms with Gasteiger partial charge in [0.15, 0.2) is 0 Å². The third-order valence-electron chi connectivity index (χ3n) is 4.78. The molecule has 1 saturated heterocycles. The van der Waals surface area contributed by atoms with Gasteiger partial charge in [-0.25, -0.2) is 4.79 Å². The second-order valence-electron chi connectivity index (χ2n) is 6.43. The molecule has 4 heteroatoms. The van der Waals surface area contributed by atoms with E-state index < -0.39 is 0 Å². The maximum atomic E-state index is 11.8. The van der Waals surface area contributed by atoms with E-state index in [2.05, 4.69) is 35.0 Å². The molecule has 0 aliphatic carbocycles. The number of carbonyl (C=O) groups is 1. The first-order valence-corrected chi connectivity index (χ1v) is 8.68. The van der Waals surface area contributed by atoms with Gasteiger partial charge < -0.3 is 9.64 Å². The lowest BCUT2D eigenvalue weighted by Gasteiger charge is -2.18. The molecule has 0 unspecified atom stereocenters. The Morgan fingerprint density at radius 2 is 1.92 bits per heavy atom. The number of carbonyl (C=O) groups excluding carboxylic acids is 1. The molecule has 1 aliphatic heterocycles. The van der Waals surface area contributed by atoms with E-state index in [9.17, 15) is 4.79 Å². The summed E-state index contributed by atoms with van der Waals surface area (Å²) in [7, 11) is 1.39. The normalized spacial score (nSPS) is 14.3. The second kappa shape index (κ2) is 7.51. The van der Waals surface area contributed by atoms with Crippen molar-refractivity contribution in [3.05, 3.63) is 58.7 Å². The molecule has 1 fully saturated rings. The minimum Gasteiger partial charge on any atom is -0.465 e. The highest BCUT2D eigenvalue weighted by atomic mass is 16.5. The van der Waals surface area contributed by atoms with Crippen LogP contribution in [-0.2, 0) is 4.74 Å². The molecule has 0 radical (unpaired) electrons. The number of hydrogen-bond donors (Lipinski definition) is 0. The molecular formula is C21H24N2O2. The number of aliphatic imine (C=N–C) groups is 1. The van der Waals surface area contributed by atoms with E-state index in [1.807, 2.05) is 25.3 Å². The number of anilines is 1. The molecule has 130 valence electrons. The maximum absolute atomic E-state index is 11.8. The summed E-state index contributed by atoms with van der Waals surface area (Å²) >= 11 is 0. The summed E-state index contributed by atoms with van der Waals surface area (Å²) in [6, 6.07) is 12.0. The number of nitrogens with zero attached hydrogens (tertiary/aromatic N) is 2. The summed E-state index contributed by atoms with van der Waals surface area (Å²) in [5.74, 6) is -0.333. The topological polar surface area (TPSA) is 41.9 Å². The summed E-state index contributed by atoms with van der Waals surface area (Å²) in [5.41, 5.74) is 5.75. The van der Waals surface area contributed by atoms with Crippen LogP contribution in [0.15, 0.2) is 41.4 Å². The van der Waals surface area contributed by atoms with E-state index in [4.69, 9.17) is 4.74 Å². The molecule has 0 saturated carbocycles. The average Bonchev–Trinajstić information content (AvgIpc) is 3.15. The van der Waals surface area contributed by atoms with Crippen molar-refractivity contribution in [2.75, 3.05) is 25.1 Å². The fourth-order valence-electron chi connectivity index (χ4n) is 3.21. The highest BCUT2D eigenvalue weighted by Gasteiger charge is 2.13. The van der Waals surface area contributed by atoms with Crippen molar-refractivity contribution < 1.29 is 9.53 Å². The quantitative estimate of drug-likeness (QED) is 0.612. The number of benzene rings is 2. The Hall–Kier alpha value is -2.62. The molecular weight excluding hydrogens is 312 g/mol. The Morgan fingerprint density at radius 3 is 2.60 bits per heavy atom. The lowest BCUT2D eigenvalue weighted by molar-refractivity contribution is 0.0600. The van der Waals surface area contributed by atoms with Crippen molar-refractivity contribution in [1.29, 1.82) is 0 Å². The van der Waals surface area contributed by atoms with Crippen LogP contribution in [-0.4, -0.2) is 32.4 Å². The molecule has 0 amide bonds. The van der Waals surface area contributed by atoms with E-state index in [-0.39, 0.29) is 5.97 Å². The van der Waals surface area contributed by atoms with Crippen LogP contribution in [0.25, 0.3) is 0 Å².